The van der Waals surface area contributed by atoms with Crippen molar-refractivity contribution >= 4 is 7.82 Å². The lowest BCUT2D eigenvalue weighted by atomic mass is 9.80. The molecule has 0 radical (unpaired) electrons. The van der Waals surface area contributed by atoms with Gasteiger partial charge in [-0.15, -0.1) is 0 Å². The van der Waals surface area contributed by atoms with Crippen LogP contribution in [0.1, 0.15) is 55.2 Å². The van der Waals surface area contributed by atoms with Gasteiger partial charge >= 0.3 is 13.5 Å². The van der Waals surface area contributed by atoms with Crippen molar-refractivity contribution in [2.45, 2.75) is 69.5 Å². The first kappa shape index (κ1) is 41.0. The fraction of sp³-hybridized carbons (Fsp3) is 0.425. The van der Waals surface area contributed by atoms with E-state index in [1.807, 2.05) is 84.9 Å². The molecule has 2 saturated heterocycles. The van der Waals surface area contributed by atoms with E-state index in [1.165, 1.54) is 10.8 Å². The van der Waals surface area contributed by atoms with Crippen LogP contribution in [0.2, 0.25) is 0 Å². The van der Waals surface area contributed by atoms with Crippen LogP contribution in [0, 0.1) is 18.3 Å². The molecule has 0 amide bonds. The zero-order chi connectivity index (χ0) is 39.9. The molecule has 0 saturated carbocycles. The first-order valence-corrected chi connectivity index (χ1v) is 19.6. The van der Waals surface area contributed by atoms with Gasteiger partial charge in [-0.2, -0.15) is 5.26 Å². The molecular weight excluding hydrogens is 745 g/mol. The fourth-order valence-corrected chi connectivity index (χ4v) is 8.11. The van der Waals surface area contributed by atoms with Crippen LogP contribution < -0.4 is 20.7 Å². The Balaban J connectivity index is 1.39. The standard InChI is InChI=1S/C40H46N3O12P/c1-27-23-43(38(45)42-37(27)44)36-22-34(55-56(46,51-21-9-20-41)52-25-33-24-49-39(2,3)54-33)35(53-36)26-50-40(28-10-7-6-8-11-28,29-12-16-31(47-4)17-13-29)30-14-18-32(48-5)19-15-30/h6-8,10-19,23,33-36H,9,21-22,24-26H2,1-5H3,(H,42,44,45)/t33-,34+,35-,36-,56?/m1/s1. The first-order chi connectivity index (χ1) is 26.9. The molecular formula is C40H46N3O12P. The summed E-state index contributed by atoms with van der Waals surface area (Å²) in [5.41, 5.74) is 0.0796. The predicted octanol–water partition coefficient (Wildman–Crippen LogP) is 5.75. The maximum absolute atomic E-state index is 14.4. The second-order valence-corrected chi connectivity index (χ2v) is 15.4. The number of phosphoric ester groups is 1. The van der Waals surface area contributed by atoms with Gasteiger partial charge in [-0.25, -0.2) is 9.36 Å². The maximum atomic E-state index is 14.4. The quantitative estimate of drug-likeness (QED) is 0.0777. The average Bonchev–Trinajstić information content (AvgIpc) is 3.77. The second kappa shape index (κ2) is 17.7. The number of nitriles is 1. The molecule has 0 spiro atoms. The van der Waals surface area contributed by atoms with Crippen LogP contribution in [0.3, 0.4) is 0 Å². The molecule has 3 aromatic carbocycles. The van der Waals surface area contributed by atoms with Crippen molar-refractivity contribution < 1.29 is 46.6 Å². The van der Waals surface area contributed by atoms with Crippen LogP contribution in [0.5, 0.6) is 11.5 Å². The summed E-state index contributed by atoms with van der Waals surface area (Å²) in [4.78, 5) is 27.7. The molecule has 0 aliphatic carbocycles. The summed E-state index contributed by atoms with van der Waals surface area (Å²) in [6.45, 7) is 4.64. The number of methoxy groups -OCH3 is 2. The molecule has 1 aromatic heterocycles. The number of aryl methyl sites for hydroxylation is 1. The number of aromatic nitrogens is 2. The fourth-order valence-electron chi connectivity index (χ4n) is 6.70. The van der Waals surface area contributed by atoms with E-state index >= 15 is 0 Å². The van der Waals surface area contributed by atoms with Crippen LogP contribution in [-0.4, -0.2) is 74.3 Å². The minimum absolute atomic E-state index is 0.0200. The third-order valence-electron chi connectivity index (χ3n) is 9.49. The summed E-state index contributed by atoms with van der Waals surface area (Å²) in [6.07, 6.45) is -2.30. The Kier molecular flexibility index (Phi) is 12.9. The molecule has 1 N–H and O–H groups in total. The van der Waals surface area contributed by atoms with Gasteiger partial charge in [0.2, 0.25) is 0 Å². The van der Waals surface area contributed by atoms with Crippen molar-refractivity contribution in [2.24, 2.45) is 0 Å². The van der Waals surface area contributed by atoms with E-state index in [9.17, 15) is 19.4 Å². The zero-order valence-corrected chi connectivity index (χ0v) is 32.8. The summed E-state index contributed by atoms with van der Waals surface area (Å²) < 4.78 is 69.4. The third kappa shape index (κ3) is 9.32. The molecule has 6 rings (SSSR count). The summed E-state index contributed by atoms with van der Waals surface area (Å²) in [6, 6.07) is 26.6. The average molecular weight is 792 g/mol. The highest BCUT2D eigenvalue weighted by Gasteiger charge is 2.47. The molecule has 0 bridgehead atoms. The van der Waals surface area contributed by atoms with Gasteiger partial charge in [0.1, 0.15) is 41.6 Å². The number of hydrogen-bond acceptors (Lipinski definition) is 13. The molecule has 298 valence electrons. The lowest BCUT2D eigenvalue weighted by Gasteiger charge is -2.37. The smallest absolute Gasteiger partial charge is 0.475 e. The third-order valence-corrected chi connectivity index (χ3v) is 11.0. The van der Waals surface area contributed by atoms with Crippen LogP contribution in [0.25, 0.3) is 0 Å². The number of nitrogens with one attached hydrogen (secondary N) is 1. The van der Waals surface area contributed by atoms with Crippen LogP contribution >= 0.6 is 7.82 Å². The highest BCUT2D eigenvalue weighted by molar-refractivity contribution is 7.48. The molecule has 3 heterocycles. The topological polar surface area (TPSA) is 179 Å². The molecule has 5 atom stereocenters. The zero-order valence-electron chi connectivity index (χ0n) is 31.9. The van der Waals surface area contributed by atoms with Crippen molar-refractivity contribution in [1.29, 1.82) is 5.26 Å². The number of ether oxygens (including phenoxy) is 6. The summed E-state index contributed by atoms with van der Waals surface area (Å²) in [7, 11) is -1.25. The van der Waals surface area contributed by atoms with Gasteiger partial charge in [0, 0.05) is 18.2 Å². The Morgan fingerprint density at radius 1 is 0.929 bits per heavy atom. The molecule has 16 heteroatoms. The Labute approximate surface area is 324 Å². The van der Waals surface area contributed by atoms with Gasteiger partial charge in [-0.1, -0.05) is 54.6 Å². The van der Waals surface area contributed by atoms with Gasteiger partial charge in [0.15, 0.2) is 5.79 Å². The van der Waals surface area contributed by atoms with Crippen LogP contribution in [-0.2, 0) is 42.7 Å². The number of aromatic amines is 1. The van der Waals surface area contributed by atoms with Gasteiger partial charge in [-0.05, 0) is 61.7 Å². The SMILES string of the molecule is COc1ccc(C(OC[C@H]2O[C@@H](n3cc(C)c(=O)[nH]c3=O)C[C@@H]2OP(=O)(OCCC#N)OC[C@H]2COC(C)(C)O2)(c2ccccc2)c2ccc(OC)cc2)cc1. The molecule has 2 fully saturated rings. The van der Waals surface area contributed by atoms with Crippen molar-refractivity contribution in [2.75, 3.05) is 40.6 Å². The van der Waals surface area contributed by atoms with E-state index in [0.29, 0.717) is 11.5 Å². The van der Waals surface area contributed by atoms with E-state index in [4.69, 9.17) is 42.0 Å². The minimum Gasteiger partial charge on any atom is -0.497 e. The van der Waals surface area contributed by atoms with E-state index in [-0.39, 0.29) is 44.8 Å². The summed E-state index contributed by atoms with van der Waals surface area (Å²) >= 11 is 0. The number of nitrogens with zero attached hydrogens (tertiary/aromatic N) is 2. The highest BCUT2D eigenvalue weighted by atomic mass is 31.2. The van der Waals surface area contributed by atoms with Crippen molar-refractivity contribution in [3.63, 3.8) is 0 Å². The molecule has 4 aromatic rings. The molecule has 2 aliphatic heterocycles. The molecule has 15 nitrogen and oxygen atoms in total. The van der Waals surface area contributed by atoms with Crippen molar-refractivity contribution in [1.82, 2.24) is 9.55 Å². The summed E-state index contributed by atoms with van der Waals surface area (Å²) in [5, 5.41) is 9.22. The van der Waals surface area contributed by atoms with Gasteiger partial charge in [0.25, 0.3) is 5.56 Å². The van der Waals surface area contributed by atoms with Gasteiger partial charge in [-0.3, -0.25) is 27.9 Å². The second-order valence-electron chi connectivity index (χ2n) is 13.7. The Morgan fingerprint density at radius 2 is 1.55 bits per heavy atom. The predicted molar refractivity (Wildman–Crippen MR) is 202 cm³/mol. The van der Waals surface area contributed by atoms with E-state index in [1.54, 1.807) is 35.0 Å². The van der Waals surface area contributed by atoms with Crippen LogP contribution in [0.4, 0.5) is 0 Å². The molecule has 56 heavy (non-hydrogen) atoms. The van der Waals surface area contributed by atoms with Crippen LogP contribution in [0.15, 0.2) is 94.6 Å². The molecule has 1 unspecified atom stereocenters. The minimum atomic E-state index is -4.43. The van der Waals surface area contributed by atoms with Crippen molar-refractivity contribution in [3.05, 3.63) is 128 Å². The van der Waals surface area contributed by atoms with E-state index in [2.05, 4.69) is 4.98 Å². The first-order valence-electron chi connectivity index (χ1n) is 18.1. The lowest BCUT2D eigenvalue weighted by molar-refractivity contribution is -0.142. The lowest BCUT2D eigenvalue weighted by Crippen LogP contribution is -2.38. The number of benzene rings is 3. The van der Waals surface area contributed by atoms with Gasteiger partial charge in [0.05, 0.1) is 53.1 Å². The van der Waals surface area contributed by atoms with E-state index < -0.39 is 55.0 Å². The van der Waals surface area contributed by atoms with Crippen molar-refractivity contribution in [3.8, 4) is 17.6 Å². The monoisotopic (exact) mass is 791 g/mol. The number of H-pyrrole nitrogens is 1. The normalized spacial score (nSPS) is 21.6. The summed E-state index contributed by atoms with van der Waals surface area (Å²) in [5.74, 6) is 0.428. The Bertz CT molecular complexity index is 2090. The molecule has 2 aliphatic rings. The van der Waals surface area contributed by atoms with Gasteiger partial charge < -0.3 is 28.4 Å². The Hall–Kier alpha value is -4.62. The number of phosphoric acid groups is 1. The Morgan fingerprint density at radius 3 is 2.12 bits per heavy atom. The largest absolute Gasteiger partial charge is 0.497 e. The number of hydrogen-bond donors (Lipinski definition) is 1. The number of rotatable bonds is 17. The highest BCUT2D eigenvalue weighted by Crippen LogP contribution is 2.54. The maximum Gasteiger partial charge on any atom is 0.475 e. The van der Waals surface area contributed by atoms with E-state index in [0.717, 1.165) is 16.7 Å².